The molecule has 0 saturated heterocycles. The molecule has 0 fully saturated rings. The molecule has 150 valence electrons. The Bertz CT molecular complexity index is 837. The molecule has 0 heterocycles. The predicted octanol–water partition coefficient (Wildman–Crippen LogP) is 5.45. The summed E-state index contributed by atoms with van der Waals surface area (Å²) in [7, 11) is 0.628. The minimum Gasteiger partial charge on any atom is -0.0622 e. The molecule has 0 saturated carbocycles. The zero-order valence-corrected chi connectivity index (χ0v) is 20.0. The van der Waals surface area contributed by atoms with Gasteiger partial charge in [0, 0.05) is 20.4 Å². The minimum absolute atomic E-state index is 0. The zero-order chi connectivity index (χ0) is 19.4. The molecular formula is C26H26P2Pd. The smallest absolute Gasteiger partial charge is 0 e. The summed E-state index contributed by atoms with van der Waals surface area (Å²) < 4.78 is 0. The van der Waals surface area contributed by atoms with Gasteiger partial charge in [0.05, 0.1) is 0 Å². The number of benzene rings is 4. The van der Waals surface area contributed by atoms with Crippen molar-refractivity contribution in [2.75, 3.05) is 6.16 Å². The van der Waals surface area contributed by atoms with E-state index in [1.807, 2.05) is 0 Å². The predicted molar refractivity (Wildman–Crippen MR) is 130 cm³/mol. The summed E-state index contributed by atoms with van der Waals surface area (Å²) >= 11 is 0. The maximum Gasteiger partial charge on any atom is 0 e. The van der Waals surface area contributed by atoms with E-state index in [1.54, 1.807) is 0 Å². The van der Waals surface area contributed by atoms with Gasteiger partial charge >= 0.3 is 0 Å². The summed E-state index contributed by atoms with van der Waals surface area (Å²) in [5.41, 5.74) is 0. The standard InChI is InChI=1S/C14H15P.C12H11P.Pd/c1-2-15(13-9-5-3-6-10-13)14-11-7-4-8-12-14;1-3-7-11(8-4-1)13-12-9-5-2-6-10-12;/h3-12H,2H2,1H3;1-10,13H;. The van der Waals surface area contributed by atoms with E-state index in [4.69, 9.17) is 0 Å². The largest absolute Gasteiger partial charge is 0.0622 e. The van der Waals surface area contributed by atoms with Crippen molar-refractivity contribution in [2.45, 2.75) is 6.92 Å². The monoisotopic (exact) mass is 506 g/mol. The van der Waals surface area contributed by atoms with E-state index in [0.717, 1.165) is 8.58 Å². The van der Waals surface area contributed by atoms with Gasteiger partial charge < -0.3 is 0 Å². The van der Waals surface area contributed by atoms with Crippen LogP contribution >= 0.6 is 16.5 Å². The normalized spacial score (nSPS) is 9.86. The molecule has 4 aromatic carbocycles. The first-order chi connectivity index (χ1) is 13.9. The van der Waals surface area contributed by atoms with Crippen molar-refractivity contribution in [3.05, 3.63) is 121 Å². The SMILES string of the molecule is CCP(c1ccccc1)c1ccccc1.[Pd].c1ccc(Pc2ccccc2)cc1. The van der Waals surface area contributed by atoms with Gasteiger partial charge in [0.15, 0.2) is 0 Å². The second-order valence-electron chi connectivity index (χ2n) is 6.27. The van der Waals surface area contributed by atoms with Crippen LogP contribution in [-0.2, 0) is 20.4 Å². The van der Waals surface area contributed by atoms with Crippen LogP contribution in [0.2, 0.25) is 0 Å². The molecule has 4 aromatic rings. The van der Waals surface area contributed by atoms with E-state index in [-0.39, 0.29) is 28.3 Å². The average molecular weight is 507 g/mol. The van der Waals surface area contributed by atoms with Crippen LogP contribution in [0.5, 0.6) is 0 Å². The molecule has 0 spiro atoms. The molecule has 0 amide bonds. The Labute approximate surface area is 192 Å². The first-order valence-electron chi connectivity index (χ1n) is 9.61. The first-order valence-corrected chi connectivity index (χ1v) is 12.1. The summed E-state index contributed by atoms with van der Waals surface area (Å²) in [6, 6.07) is 42.8. The van der Waals surface area contributed by atoms with Crippen LogP contribution in [0.4, 0.5) is 0 Å². The van der Waals surface area contributed by atoms with Gasteiger partial charge in [0.1, 0.15) is 0 Å². The number of hydrogen-bond acceptors (Lipinski definition) is 0. The van der Waals surface area contributed by atoms with Crippen LogP contribution in [0, 0.1) is 0 Å². The Balaban J connectivity index is 0.000000202. The molecule has 0 aliphatic heterocycles. The molecule has 0 N–H and O–H groups in total. The molecule has 3 heteroatoms. The van der Waals surface area contributed by atoms with E-state index in [0.29, 0.717) is 0 Å². The van der Waals surface area contributed by atoms with Crippen LogP contribution in [0.1, 0.15) is 6.92 Å². The van der Waals surface area contributed by atoms with Crippen molar-refractivity contribution < 1.29 is 20.4 Å². The van der Waals surface area contributed by atoms with Crippen LogP contribution < -0.4 is 21.2 Å². The molecule has 0 atom stereocenters. The summed E-state index contributed by atoms with van der Waals surface area (Å²) in [5.74, 6) is 0. The average Bonchev–Trinajstić information content (AvgIpc) is 2.78. The maximum absolute atomic E-state index is 2.27. The van der Waals surface area contributed by atoms with Crippen molar-refractivity contribution in [3.8, 4) is 0 Å². The topological polar surface area (TPSA) is 0 Å². The third-order valence-corrected chi connectivity index (χ3v) is 8.01. The molecule has 29 heavy (non-hydrogen) atoms. The Hall–Kier alpha value is -1.60. The second-order valence-corrected chi connectivity index (χ2v) is 10.2. The minimum atomic E-state index is -0.149. The zero-order valence-electron chi connectivity index (χ0n) is 16.5. The molecule has 0 nitrogen and oxygen atoms in total. The van der Waals surface area contributed by atoms with Crippen molar-refractivity contribution in [2.24, 2.45) is 0 Å². The van der Waals surface area contributed by atoms with Gasteiger partial charge in [-0.3, -0.25) is 0 Å². The van der Waals surface area contributed by atoms with E-state index in [2.05, 4.69) is 128 Å². The van der Waals surface area contributed by atoms with Crippen molar-refractivity contribution in [1.29, 1.82) is 0 Å². The van der Waals surface area contributed by atoms with E-state index in [1.165, 1.54) is 27.4 Å². The second kappa shape index (κ2) is 13.6. The molecular weight excluding hydrogens is 481 g/mol. The number of hydrogen-bond donors (Lipinski definition) is 0. The molecule has 0 aliphatic rings. The van der Waals surface area contributed by atoms with Crippen molar-refractivity contribution in [1.82, 2.24) is 0 Å². The Morgan fingerprint density at radius 3 is 1.14 bits per heavy atom. The van der Waals surface area contributed by atoms with E-state index in [9.17, 15) is 0 Å². The van der Waals surface area contributed by atoms with E-state index < -0.39 is 0 Å². The molecule has 4 rings (SSSR count). The van der Waals surface area contributed by atoms with Crippen molar-refractivity contribution in [3.63, 3.8) is 0 Å². The summed E-state index contributed by atoms with van der Waals surface area (Å²) in [6.07, 6.45) is 1.21. The van der Waals surface area contributed by atoms with Gasteiger partial charge in [0.25, 0.3) is 0 Å². The van der Waals surface area contributed by atoms with Gasteiger partial charge in [-0.05, 0) is 35.3 Å². The Morgan fingerprint density at radius 2 is 0.828 bits per heavy atom. The quantitative estimate of drug-likeness (QED) is 0.249. The van der Waals surface area contributed by atoms with Gasteiger partial charge in [-0.15, -0.1) is 0 Å². The molecule has 0 aromatic heterocycles. The first kappa shape index (κ1) is 23.7. The fourth-order valence-electron chi connectivity index (χ4n) is 2.94. The third-order valence-electron chi connectivity index (χ3n) is 4.29. The van der Waals surface area contributed by atoms with Gasteiger partial charge in [-0.25, -0.2) is 0 Å². The van der Waals surface area contributed by atoms with Crippen LogP contribution in [0.3, 0.4) is 0 Å². The van der Waals surface area contributed by atoms with Gasteiger partial charge in [0.2, 0.25) is 0 Å². The van der Waals surface area contributed by atoms with Crippen LogP contribution in [0.25, 0.3) is 0 Å². The Morgan fingerprint density at radius 1 is 0.517 bits per heavy atom. The summed E-state index contributed by atoms with van der Waals surface area (Å²) in [6.45, 7) is 2.27. The molecule has 0 aliphatic carbocycles. The van der Waals surface area contributed by atoms with Crippen LogP contribution in [-0.4, -0.2) is 6.16 Å². The Kier molecular flexibility index (Phi) is 11.1. The maximum atomic E-state index is 2.27. The van der Waals surface area contributed by atoms with Gasteiger partial charge in [-0.2, -0.15) is 0 Å². The molecule has 0 radical (unpaired) electrons. The van der Waals surface area contributed by atoms with E-state index >= 15 is 0 Å². The third kappa shape index (κ3) is 7.97. The number of rotatable bonds is 5. The van der Waals surface area contributed by atoms with Crippen LogP contribution in [0.15, 0.2) is 121 Å². The molecule has 0 bridgehead atoms. The van der Waals surface area contributed by atoms with Crippen molar-refractivity contribution >= 4 is 37.7 Å². The fourth-order valence-corrected chi connectivity index (χ4v) is 6.08. The molecule has 0 unspecified atom stereocenters. The summed E-state index contributed by atoms with van der Waals surface area (Å²) in [5, 5.41) is 5.74. The van der Waals surface area contributed by atoms with Gasteiger partial charge in [-0.1, -0.05) is 137 Å². The fraction of sp³-hybridized carbons (Fsp3) is 0.0769. The summed E-state index contributed by atoms with van der Waals surface area (Å²) in [4.78, 5) is 0.